The van der Waals surface area contributed by atoms with Crippen molar-refractivity contribution in [2.75, 3.05) is 21.0 Å². The first-order valence-corrected chi connectivity index (χ1v) is 11.2. The normalized spacial score (nSPS) is 21.1. The predicted octanol–water partition coefficient (Wildman–Crippen LogP) is 4.89. The van der Waals surface area contributed by atoms with Gasteiger partial charge >= 0.3 is 5.97 Å². The van der Waals surface area contributed by atoms with E-state index in [0.29, 0.717) is 40.2 Å². The fourth-order valence-corrected chi connectivity index (χ4v) is 4.61. The van der Waals surface area contributed by atoms with Crippen molar-refractivity contribution in [1.82, 2.24) is 0 Å². The van der Waals surface area contributed by atoms with Crippen LogP contribution in [0.1, 0.15) is 44.9 Å². The first kappa shape index (κ1) is 23.6. The summed E-state index contributed by atoms with van der Waals surface area (Å²) in [6, 6.07) is 3.52. The largest absolute Gasteiger partial charge is 0.504 e. The average molecular weight is 471 g/mol. The smallest absolute Gasteiger partial charge is 0.333 e. The molecule has 34 heavy (non-hydrogen) atoms. The van der Waals surface area contributed by atoms with Crippen molar-refractivity contribution < 1.29 is 38.7 Å². The number of allylic oxidation sites excluding steroid dienone is 1. The molecule has 8 heteroatoms. The van der Waals surface area contributed by atoms with Gasteiger partial charge in [0, 0.05) is 28.2 Å². The fourth-order valence-electron chi connectivity index (χ4n) is 4.61. The van der Waals surface area contributed by atoms with Crippen LogP contribution in [0.25, 0.3) is 11.1 Å². The number of carbonyl (C=O) groups is 1. The summed E-state index contributed by atoms with van der Waals surface area (Å²) in [6.07, 6.45) is 1.51. The Bertz CT molecular complexity index is 1170. The van der Waals surface area contributed by atoms with Crippen LogP contribution < -0.4 is 18.9 Å². The van der Waals surface area contributed by atoms with Gasteiger partial charge in [0.2, 0.25) is 18.3 Å². The lowest BCUT2D eigenvalue weighted by molar-refractivity contribution is -0.148. The Morgan fingerprint density at radius 2 is 1.82 bits per heavy atom. The number of esters is 1. The molecule has 2 N–H and O–H groups in total. The summed E-state index contributed by atoms with van der Waals surface area (Å²) in [7, 11) is 2.93. The molecule has 1 aliphatic heterocycles. The third-order valence-corrected chi connectivity index (χ3v) is 6.86. The lowest BCUT2D eigenvalue weighted by Crippen LogP contribution is -2.26. The molecule has 2 aliphatic rings. The van der Waals surface area contributed by atoms with E-state index in [9.17, 15) is 15.0 Å². The third kappa shape index (κ3) is 3.67. The van der Waals surface area contributed by atoms with E-state index < -0.39 is 12.1 Å². The van der Waals surface area contributed by atoms with Gasteiger partial charge in [-0.3, -0.25) is 0 Å². The van der Waals surface area contributed by atoms with Crippen LogP contribution >= 0.6 is 0 Å². The van der Waals surface area contributed by atoms with Crippen LogP contribution in [0.2, 0.25) is 0 Å². The van der Waals surface area contributed by atoms with Gasteiger partial charge in [-0.25, -0.2) is 4.79 Å². The Balaban J connectivity index is 2.06. The second kappa shape index (κ2) is 9.00. The number of benzene rings is 2. The van der Waals surface area contributed by atoms with E-state index in [1.54, 1.807) is 32.1 Å². The van der Waals surface area contributed by atoms with Gasteiger partial charge in [0.25, 0.3) is 0 Å². The second-order valence-electron chi connectivity index (χ2n) is 8.76. The highest BCUT2D eigenvalue weighted by atomic mass is 16.7. The highest BCUT2D eigenvalue weighted by Gasteiger charge is 2.39. The molecule has 0 amide bonds. The summed E-state index contributed by atoms with van der Waals surface area (Å²) in [5, 5.41) is 22.7. The van der Waals surface area contributed by atoms with Crippen molar-refractivity contribution in [3.8, 4) is 45.6 Å². The zero-order chi connectivity index (χ0) is 24.7. The van der Waals surface area contributed by atoms with Gasteiger partial charge in [-0.05, 0) is 43.9 Å². The van der Waals surface area contributed by atoms with Crippen molar-refractivity contribution in [2.45, 2.75) is 40.2 Å². The number of methoxy groups -OCH3 is 2. The van der Waals surface area contributed by atoms with Crippen molar-refractivity contribution in [2.24, 2.45) is 11.8 Å². The van der Waals surface area contributed by atoms with Gasteiger partial charge in [0.1, 0.15) is 6.10 Å². The van der Waals surface area contributed by atoms with Gasteiger partial charge in [-0.15, -0.1) is 0 Å². The minimum atomic E-state index is -0.714. The Morgan fingerprint density at radius 3 is 2.47 bits per heavy atom. The Labute approximate surface area is 198 Å². The number of phenolic OH excluding ortho intramolecular Hbond substituents is 2. The molecule has 0 radical (unpaired) electrons. The first-order valence-electron chi connectivity index (χ1n) is 11.2. The summed E-state index contributed by atoms with van der Waals surface area (Å²) in [6.45, 7) is 7.47. The van der Waals surface area contributed by atoms with Gasteiger partial charge < -0.3 is 33.9 Å². The topological polar surface area (TPSA) is 104 Å². The van der Waals surface area contributed by atoms with E-state index >= 15 is 0 Å². The number of aromatic hydroxyl groups is 2. The van der Waals surface area contributed by atoms with E-state index in [2.05, 4.69) is 6.92 Å². The molecule has 0 fully saturated rings. The Kier molecular flexibility index (Phi) is 6.25. The average Bonchev–Trinajstić information content (AvgIpc) is 3.30. The first-order chi connectivity index (χ1) is 16.2. The summed E-state index contributed by atoms with van der Waals surface area (Å²) < 4.78 is 28.0. The molecule has 3 atom stereocenters. The van der Waals surface area contributed by atoms with Crippen LogP contribution in [0.3, 0.4) is 0 Å². The lowest BCUT2D eigenvalue weighted by atomic mass is 9.76. The molecule has 4 rings (SSSR count). The molecule has 0 saturated carbocycles. The lowest BCUT2D eigenvalue weighted by Gasteiger charge is -2.34. The van der Waals surface area contributed by atoms with Gasteiger partial charge in [0.05, 0.1) is 14.2 Å². The van der Waals surface area contributed by atoms with Gasteiger partial charge in [0.15, 0.2) is 23.0 Å². The molecule has 182 valence electrons. The zero-order valence-corrected chi connectivity index (χ0v) is 20.2. The van der Waals surface area contributed by atoms with Crippen molar-refractivity contribution in [3.05, 3.63) is 34.9 Å². The molecule has 1 heterocycles. The number of hydrogen-bond acceptors (Lipinski definition) is 8. The van der Waals surface area contributed by atoms with E-state index in [1.807, 2.05) is 6.92 Å². The standard InChI is InChI=1S/C26H30O8/c1-7-12(2)26(29)34-23-14(4)13(3)8-15-9-17(30-5)24(31-6)21(27)19(15)20-16(23)10-18-25(22(20)28)33-11-32-18/h7,9-10,13-14,23,27-28H,8,11H2,1-6H3/b12-7-/t13-,14-,23-/m1/s1. The van der Waals surface area contributed by atoms with Crippen molar-refractivity contribution >= 4 is 5.97 Å². The van der Waals surface area contributed by atoms with Gasteiger partial charge in [-0.2, -0.15) is 0 Å². The number of phenols is 2. The highest BCUT2D eigenvalue weighted by molar-refractivity contribution is 5.90. The zero-order valence-electron chi connectivity index (χ0n) is 20.2. The molecule has 0 spiro atoms. The molecule has 2 aromatic rings. The molecular formula is C26H30O8. The van der Waals surface area contributed by atoms with Crippen LogP contribution in [0, 0.1) is 11.8 Å². The summed E-state index contributed by atoms with van der Waals surface area (Å²) in [4.78, 5) is 12.8. The number of hydrogen-bond donors (Lipinski definition) is 2. The Hall–Kier alpha value is -3.55. The maximum atomic E-state index is 12.8. The number of carbonyl (C=O) groups excluding carboxylic acids is 1. The molecule has 2 aromatic carbocycles. The van der Waals surface area contributed by atoms with Crippen molar-refractivity contribution in [1.29, 1.82) is 0 Å². The predicted molar refractivity (Wildman–Crippen MR) is 125 cm³/mol. The molecular weight excluding hydrogens is 440 g/mol. The molecule has 0 unspecified atom stereocenters. The summed E-state index contributed by atoms with van der Waals surface area (Å²) in [5.41, 5.74) is 2.45. The van der Waals surface area contributed by atoms with E-state index in [1.165, 1.54) is 14.2 Å². The maximum Gasteiger partial charge on any atom is 0.333 e. The molecule has 0 aromatic heterocycles. The molecule has 0 saturated heterocycles. The molecule has 8 nitrogen and oxygen atoms in total. The summed E-state index contributed by atoms with van der Waals surface area (Å²) in [5.74, 6) is 0.139. The minimum absolute atomic E-state index is 0.0423. The SMILES string of the molecule is C/C=C(/C)C(=O)O[C@H]1c2cc3c(c(O)c2-c2c(cc(OC)c(OC)c2O)C[C@@H](C)[C@H]1C)OCO3. The van der Waals surface area contributed by atoms with Crippen LogP contribution in [0.4, 0.5) is 0 Å². The molecule has 1 aliphatic carbocycles. The third-order valence-electron chi connectivity index (χ3n) is 6.86. The monoisotopic (exact) mass is 470 g/mol. The van der Waals surface area contributed by atoms with Crippen molar-refractivity contribution in [3.63, 3.8) is 0 Å². The minimum Gasteiger partial charge on any atom is -0.504 e. The quantitative estimate of drug-likeness (QED) is 0.481. The summed E-state index contributed by atoms with van der Waals surface area (Å²) >= 11 is 0. The molecule has 0 bridgehead atoms. The van der Waals surface area contributed by atoms with Crippen LogP contribution in [-0.2, 0) is 16.0 Å². The van der Waals surface area contributed by atoms with E-state index in [0.717, 1.165) is 5.56 Å². The van der Waals surface area contributed by atoms with Crippen LogP contribution in [0.15, 0.2) is 23.8 Å². The van der Waals surface area contributed by atoms with E-state index in [-0.39, 0.29) is 41.6 Å². The van der Waals surface area contributed by atoms with E-state index in [4.69, 9.17) is 23.7 Å². The second-order valence-corrected chi connectivity index (χ2v) is 8.76. The maximum absolute atomic E-state index is 12.8. The number of rotatable bonds is 4. The number of ether oxygens (including phenoxy) is 5. The highest BCUT2D eigenvalue weighted by Crippen LogP contribution is 2.58. The number of fused-ring (bicyclic) bond motifs is 4. The van der Waals surface area contributed by atoms with Gasteiger partial charge in [-0.1, -0.05) is 19.9 Å². The van der Waals surface area contributed by atoms with Crippen LogP contribution in [0.5, 0.6) is 34.5 Å². The Morgan fingerprint density at radius 1 is 1.09 bits per heavy atom. The fraction of sp³-hybridized carbons (Fsp3) is 0.423. The van der Waals surface area contributed by atoms with Crippen LogP contribution in [-0.4, -0.2) is 37.2 Å².